The Morgan fingerprint density at radius 2 is 1.03 bits per heavy atom. The minimum absolute atomic E-state index is 0.0406. The second kappa shape index (κ2) is 13.9. The van der Waals surface area contributed by atoms with Crippen molar-refractivity contribution < 1.29 is 4.42 Å². The summed E-state index contributed by atoms with van der Waals surface area (Å²) in [6, 6.07) is 79.8. The van der Waals surface area contributed by atoms with E-state index in [2.05, 4.69) is 230 Å². The molecule has 13 rings (SSSR count). The van der Waals surface area contributed by atoms with Gasteiger partial charge in [-0.05, 0) is 123 Å². The van der Waals surface area contributed by atoms with Crippen LogP contribution in [-0.2, 0) is 5.41 Å². The van der Waals surface area contributed by atoms with Gasteiger partial charge in [0, 0.05) is 49.4 Å². The number of nitrogens with zero attached hydrogens (tertiary/aromatic N) is 2. The molecular formula is C61H42N2O. The van der Waals surface area contributed by atoms with Crippen molar-refractivity contribution >= 4 is 71.6 Å². The van der Waals surface area contributed by atoms with Gasteiger partial charge in [0.05, 0.1) is 16.7 Å². The van der Waals surface area contributed by atoms with E-state index in [-0.39, 0.29) is 5.41 Å². The summed E-state index contributed by atoms with van der Waals surface area (Å²) in [6.07, 6.45) is 0. The van der Waals surface area contributed by atoms with E-state index < -0.39 is 0 Å². The van der Waals surface area contributed by atoms with Crippen molar-refractivity contribution in [1.82, 2.24) is 4.57 Å². The third kappa shape index (κ3) is 5.54. The maximum atomic E-state index is 6.28. The monoisotopic (exact) mass is 818 g/mol. The number of fused-ring (bicyclic) bond motifs is 10. The number of furan rings is 1. The SMILES string of the molecule is CC1(C)c2ccccc2-c2cc(-n3c4ccccc4c4ccc(-c5cccc(-c6cccc(N(c7ccc8oc9ccccc9c8c7)c7cccc8ccccc78)c6)c5)cc43)ccc21. The fraction of sp³-hybridized carbons (Fsp3) is 0.0492. The van der Waals surface area contributed by atoms with Gasteiger partial charge in [-0.25, -0.2) is 0 Å². The van der Waals surface area contributed by atoms with Crippen LogP contribution in [0.3, 0.4) is 0 Å². The van der Waals surface area contributed by atoms with Crippen molar-refractivity contribution in [3.63, 3.8) is 0 Å². The molecule has 0 aliphatic heterocycles. The van der Waals surface area contributed by atoms with Gasteiger partial charge >= 0.3 is 0 Å². The molecule has 2 heterocycles. The molecule has 1 aliphatic carbocycles. The average molecular weight is 819 g/mol. The Kier molecular flexibility index (Phi) is 7.95. The van der Waals surface area contributed by atoms with E-state index in [0.29, 0.717) is 0 Å². The van der Waals surface area contributed by atoms with Crippen LogP contribution in [0.5, 0.6) is 0 Å². The molecular weight excluding hydrogens is 777 g/mol. The maximum absolute atomic E-state index is 6.28. The van der Waals surface area contributed by atoms with Crippen LogP contribution < -0.4 is 4.90 Å². The van der Waals surface area contributed by atoms with E-state index in [1.165, 1.54) is 71.6 Å². The number of hydrogen-bond acceptors (Lipinski definition) is 2. The molecule has 0 amide bonds. The Morgan fingerprint density at radius 3 is 1.92 bits per heavy atom. The van der Waals surface area contributed by atoms with Gasteiger partial charge in [0.15, 0.2) is 0 Å². The van der Waals surface area contributed by atoms with E-state index in [4.69, 9.17) is 4.42 Å². The average Bonchev–Trinajstić information content (AvgIpc) is 3.96. The molecule has 0 fully saturated rings. The van der Waals surface area contributed by atoms with Crippen LogP contribution in [0.4, 0.5) is 17.1 Å². The number of anilines is 3. The first-order valence-electron chi connectivity index (χ1n) is 22.2. The molecule has 64 heavy (non-hydrogen) atoms. The lowest BCUT2D eigenvalue weighted by atomic mass is 9.82. The van der Waals surface area contributed by atoms with E-state index in [9.17, 15) is 0 Å². The van der Waals surface area contributed by atoms with E-state index in [1.54, 1.807) is 0 Å². The van der Waals surface area contributed by atoms with Gasteiger partial charge < -0.3 is 13.9 Å². The molecule has 0 spiro atoms. The zero-order valence-corrected chi connectivity index (χ0v) is 35.6. The summed E-state index contributed by atoms with van der Waals surface area (Å²) in [6.45, 7) is 4.69. The predicted molar refractivity (Wildman–Crippen MR) is 269 cm³/mol. The molecule has 0 saturated heterocycles. The number of aromatic nitrogens is 1. The largest absolute Gasteiger partial charge is 0.456 e. The van der Waals surface area contributed by atoms with Crippen molar-refractivity contribution in [1.29, 1.82) is 0 Å². The maximum Gasteiger partial charge on any atom is 0.135 e. The number of benzene rings is 10. The second-order valence-electron chi connectivity index (χ2n) is 17.7. The number of rotatable bonds is 6. The van der Waals surface area contributed by atoms with Gasteiger partial charge in [-0.1, -0.05) is 159 Å². The quantitative estimate of drug-likeness (QED) is 0.167. The van der Waals surface area contributed by atoms with Gasteiger partial charge in [-0.2, -0.15) is 0 Å². The highest BCUT2D eigenvalue weighted by Gasteiger charge is 2.35. The zero-order valence-electron chi connectivity index (χ0n) is 35.6. The van der Waals surface area contributed by atoms with Crippen LogP contribution in [-0.4, -0.2) is 4.57 Å². The molecule has 0 saturated carbocycles. The molecule has 2 aromatic heterocycles. The molecule has 3 heteroatoms. The molecule has 302 valence electrons. The van der Waals surface area contributed by atoms with Crippen molar-refractivity contribution in [2.75, 3.05) is 4.90 Å². The van der Waals surface area contributed by atoms with Crippen molar-refractivity contribution in [3.05, 3.63) is 230 Å². The second-order valence-corrected chi connectivity index (χ2v) is 17.7. The molecule has 0 atom stereocenters. The summed E-state index contributed by atoms with van der Waals surface area (Å²) in [4.78, 5) is 2.39. The topological polar surface area (TPSA) is 21.3 Å². The fourth-order valence-electron chi connectivity index (χ4n) is 10.7. The van der Waals surface area contributed by atoms with Crippen molar-refractivity contribution in [2.45, 2.75) is 19.3 Å². The van der Waals surface area contributed by atoms with Crippen LogP contribution >= 0.6 is 0 Å². The summed E-state index contributed by atoms with van der Waals surface area (Å²) in [7, 11) is 0. The summed E-state index contributed by atoms with van der Waals surface area (Å²) >= 11 is 0. The Morgan fingerprint density at radius 1 is 0.391 bits per heavy atom. The highest BCUT2D eigenvalue weighted by Crippen LogP contribution is 2.50. The molecule has 0 bridgehead atoms. The molecule has 0 N–H and O–H groups in total. The first-order valence-corrected chi connectivity index (χ1v) is 22.2. The van der Waals surface area contributed by atoms with Crippen LogP contribution in [0.2, 0.25) is 0 Å². The summed E-state index contributed by atoms with van der Waals surface area (Å²) in [5, 5.41) is 7.11. The van der Waals surface area contributed by atoms with Gasteiger partial charge in [-0.3, -0.25) is 0 Å². The van der Waals surface area contributed by atoms with Crippen LogP contribution in [0.25, 0.3) is 93.6 Å². The summed E-state index contributed by atoms with van der Waals surface area (Å²) in [5.41, 5.74) is 18.7. The van der Waals surface area contributed by atoms with Gasteiger partial charge in [-0.15, -0.1) is 0 Å². The van der Waals surface area contributed by atoms with E-state index >= 15 is 0 Å². The van der Waals surface area contributed by atoms with Crippen molar-refractivity contribution in [3.8, 4) is 39.1 Å². The highest BCUT2D eigenvalue weighted by atomic mass is 16.3. The van der Waals surface area contributed by atoms with Gasteiger partial charge in [0.1, 0.15) is 11.2 Å². The van der Waals surface area contributed by atoms with Crippen LogP contribution in [0.15, 0.2) is 223 Å². The lowest BCUT2D eigenvalue weighted by Gasteiger charge is -2.27. The number of hydrogen-bond donors (Lipinski definition) is 0. The molecule has 1 aliphatic rings. The minimum atomic E-state index is -0.0406. The smallest absolute Gasteiger partial charge is 0.135 e. The molecule has 3 nitrogen and oxygen atoms in total. The van der Waals surface area contributed by atoms with Crippen LogP contribution in [0, 0.1) is 0 Å². The Hall–Kier alpha value is -8.14. The van der Waals surface area contributed by atoms with Crippen molar-refractivity contribution in [2.24, 2.45) is 0 Å². The number of para-hydroxylation sites is 2. The lowest BCUT2D eigenvalue weighted by Crippen LogP contribution is -2.14. The summed E-state index contributed by atoms with van der Waals surface area (Å²) < 4.78 is 8.74. The highest BCUT2D eigenvalue weighted by molar-refractivity contribution is 6.11. The Labute approximate surface area is 371 Å². The zero-order chi connectivity index (χ0) is 42.5. The first-order chi connectivity index (χ1) is 31.5. The molecule has 12 aromatic rings. The predicted octanol–water partition coefficient (Wildman–Crippen LogP) is 16.9. The Bertz CT molecular complexity index is 3840. The molecule has 10 aromatic carbocycles. The third-order valence-electron chi connectivity index (χ3n) is 13.8. The minimum Gasteiger partial charge on any atom is -0.456 e. The summed E-state index contributed by atoms with van der Waals surface area (Å²) in [5.74, 6) is 0. The molecule has 0 unspecified atom stereocenters. The third-order valence-corrected chi connectivity index (χ3v) is 13.8. The van der Waals surface area contributed by atoms with Crippen LogP contribution in [0.1, 0.15) is 25.0 Å². The molecule has 0 radical (unpaired) electrons. The standard InChI is InChI=1S/C61H42N2O/c1-61(2)54-24-8-5-21-48(54)52-37-46(29-32-55(52)61)63-57-25-9-6-22-49(57)50-31-28-43(36-58(50)63)41-17-11-16-40(34-41)42-18-12-19-44(35-42)62(56-26-13-15-39-14-3-4-20-47(39)56)45-30-33-60-53(38-45)51-23-7-10-27-59(51)64-60/h3-38H,1-2H3. The normalized spacial score (nSPS) is 13.0. The van der Waals surface area contributed by atoms with Gasteiger partial charge in [0.2, 0.25) is 0 Å². The first kappa shape index (κ1) is 36.5. The van der Waals surface area contributed by atoms with E-state index in [0.717, 1.165) is 50.1 Å². The van der Waals surface area contributed by atoms with Gasteiger partial charge in [0.25, 0.3) is 0 Å². The fourth-order valence-corrected chi connectivity index (χ4v) is 10.7. The van der Waals surface area contributed by atoms with E-state index in [1.807, 2.05) is 12.1 Å². The Balaban J connectivity index is 0.932. The lowest BCUT2D eigenvalue weighted by molar-refractivity contribution is 0.660.